The summed E-state index contributed by atoms with van der Waals surface area (Å²) in [5.41, 5.74) is 3.05. The van der Waals surface area contributed by atoms with Gasteiger partial charge >= 0.3 is 0 Å². The maximum atomic E-state index is 12.6. The van der Waals surface area contributed by atoms with Gasteiger partial charge in [0.05, 0.1) is 17.1 Å². The number of nitriles is 1. The fraction of sp³-hybridized carbons (Fsp3) is 0.0588. The minimum atomic E-state index is -0.0530. The Morgan fingerprint density at radius 2 is 1.95 bits per heavy atom. The van der Waals surface area contributed by atoms with Crippen molar-refractivity contribution in [1.82, 2.24) is 4.57 Å². The third-order valence-electron chi connectivity index (χ3n) is 3.41. The van der Waals surface area contributed by atoms with E-state index < -0.39 is 0 Å². The molecule has 0 radical (unpaired) electrons. The number of carbonyl (C=O) groups is 1. The van der Waals surface area contributed by atoms with Crippen molar-refractivity contribution in [2.75, 3.05) is 0 Å². The van der Waals surface area contributed by atoms with E-state index in [0.29, 0.717) is 11.1 Å². The van der Waals surface area contributed by atoms with Crippen LogP contribution in [0.2, 0.25) is 0 Å². The second kappa shape index (κ2) is 4.67. The molecule has 0 N–H and O–H groups in total. The molecule has 0 spiro atoms. The molecule has 0 aliphatic heterocycles. The van der Waals surface area contributed by atoms with Crippen molar-refractivity contribution in [3.8, 4) is 6.07 Å². The Bertz CT molecular complexity index is 853. The second-order valence-corrected chi connectivity index (χ2v) is 4.69. The molecular weight excluding hydrogens is 248 g/mol. The van der Waals surface area contributed by atoms with Crippen molar-refractivity contribution in [2.24, 2.45) is 0 Å². The van der Waals surface area contributed by atoms with Crippen LogP contribution in [0, 0.1) is 18.3 Å². The minimum Gasteiger partial charge on any atom is -0.283 e. The maximum absolute atomic E-state index is 12.6. The minimum absolute atomic E-state index is 0.0530. The van der Waals surface area contributed by atoms with Gasteiger partial charge in [-0.3, -0.25) is 9.36 Å². The number of nitrogens with zero attached hydrogens (tertiary/aromatic N) is 2. The van der Waals surface area contributed by atoms with Crippen LogP contribution < -0.4 is 0 Å². The molecule has 3 aromatic rings. The van der Waals surface area contributed by atoms with Gasteiger partial charge in [-0.1, -0.05) is 18.2 Å². The lowest BCUT2D eigenvalue weighted by molar-refractivity contribution is 0.0964. The van der Waals surface area contributed by atoms with Gasteiger partial charge in [0.1, 0.15) is 0 Å². The monoisotopic (exact) mass is 260 g/mol. The molecule has 0 saturated carbocycles. The molecule has 0 fully saturated rings. The van der Waals surface area contributed by atoms with Crippen LogP contribution in [-0.2, 0) is 0 Å². The Morgan fingerprint density at radius 3 is 2.70 bits per heavy atom. The first-order chi connectivity index (χ1) is 9.70. The Morgan fingerprint density at radius 1 is 1.15 bits per heavy atom. The van der Waals surface area contributed by atoms with Crippen molar-refractivity contribution in [3.05, 3.63) is 71.4 Å². The third-order valence-corrected chi connectivity index (χ3v) is 3.41. The van der Waals surface area contributed by atoms with Crippen LogP contribution in [0.4, 0.5) is 0 Å². The average molecular weight is 260 g/mol. The topological polar surface area (TPSA) is 45.8 Å². The molecular formula is C17H12N2O. The van der Waals surface area contributed by atoms with Crippen molar-refractivity contribution >= 4 is 16.8 Å². The predicted molar refractivity (Wildman–Crippen MR) is 77.6 cm³/mol. The van der Waals surface area contributed by atoms with E-state index >= 15 is 0 Å². The molecule has 0 bridgehead atoms. The summed E-state index contributed by atoms with van der Waals surface area (Å²) in [5.74, 6) is -0.0530. The Labute approximate surface area is 116 Å². The fourth-order valence-electron chi connectivity index (χ4n) is 2.33. The molecule has 2 aromatic carbocycles. The van der Waals surface area contributed by atoms with Crippen LogP contribution in [0.5, 0.6) is 0 Å². The first-order valence-electron chi connectivity index (χ1n) is 6.32. The first kappa shape index (κ1) is 12.2. The van der Waals surface area contributed by atoms with Crippen molar-refractivity contribution in [2.45, 2.75) is 6.92 Å². The Hall–Kier alpha value is -2.86. The van der Waals surface area contributed by atoms with Crippen LogP contribution >= 0.6 is 0 Å². The van der Waals surface area contributed by atoms with Gasteiger partial charge in [-0.25, -0.2) is 0 Å². The zero-order valence-corrected chi connectivity index (χ0v) is 11.0. The zero-order chi connectivity index (χ0) is 14.1. The molecule has 1 aromatic heterocycles. The van der Waals surface area contributed by atoms with Crippen molar-refractivity contribution < 1.29 is 4.79 Å². The summed E-state index contributed by atoms with van der Waals surface area (Å²) in [4.78, 5) is 12.6. The van der Waals surface area contributed by atoms with Gasteiger partial charge in [0.25, 0.3) is 5.91 Å². The van der Waals surface area contributed by atoms with Crippen LogP contribution in [0.1, 0.15) is 21.5 Å². The van der Waals surface area contributed by atoms with Crippen molar-refractivity contribution in [3.63, 3.8) is 0 Å². The van der Waals surface area contributed by atoms with Gasteiger partial charge in [0.15, 0.2) is 0 Å². The number of hydrogen-bond donors (Lipinski definition) is 0. The van der Waals surface area contributed by atoms with Crippen LogP contribution in [-0.4, -0.2) is 10.5 Å². The smallest absolute Gasteiger partial charge is 0.262 e. The van der Waals surface area contributed by atoms with Gasteiger partial charge in [0, 0.05) is 17.1 Å². The first-order valence-corrected chi connectivity index (χ1v) is 6.32. The molecule has 3 heteroatoms. The zero-order valence-electron chi connectivity index (χ0n) is 11.0. The maximum Gasteiger partial charge on any atom is 0.262 e. The summed E-state index contributed by atoms with van der Waals surface area (Å²) < 4.78 is 1.62. The van der Waals surface area contributed by atoms with E-state index in [1.807, 2.05) is 43.3 Å². The van der Waals surface area contributed by atoms with Crippen LogP contribution in [0.15, 0.2) is 54.7 Å². The molecule has 0 aliphatic carbocycles. The van der Waals surface area contributed by atoms with E-state index in [1.165, 1.54) is 0 Å². The Balaban J connectivity index is 2.14. The highest BCUT2D eigenvalue weighted by atomic mass is 16.2. The van der Waals surface area contributed by atoms with E-state index in [2.05, 4.69) is 6.07 Å². The number of aryl methyl sites for hydroxylation is 1. The lowest BCUT2D eigenvalue weighted by Crippen LogP contribution is -2.11. The molecule has 3 rings (SSSR count). The largest absolute Gasteiger partial charge is 0.283 e. The molecule has 0 aliphatic rings. The lowest BCUT2D eigenvalue weighted by atomic mass is 10.1. The number of fused-ring (bicyclic) bond motifs is 1. The summed E-state index contributed by atoms with van der Waals surface area (Å²) in [6, 6.07) is 16.8. The quantitative estimate of drug-likeness (QED) is 0.672. The highest BCUT2D eigenvalue weighted by Crippen LogP contribution is 2.19. The number of aromatic nitrogens is 1. The third kappa shape index (κ3) is 1.88. The number of benzene rings is 2. The van der Waals surface area contributed by atoms with Gasteiger partial charge in [0.2, 0.25) is 0 Å². The van der Waals surface area contributed by atoms with E-state index in [9.17, 15) is 4.79 Å². The molecule has 0 atom stereocenters. The molecule has 0 amide bonds. The number of carbonyl (C=O) groups excluding carboxylic acids is 1. The number of rotatable bonds is 1. The molecule has 3 nitrogen and oxygen atoms in total. The van der Waals surface area contributed by atoms with Crippen LogP contribution in [0.25, 0.3) is 10.9 Å². The van der Waals surface area contributed by atoms with Gasteiger partial charge in [-0.15, -0.1) is 0 Å². The Kier molecular flexibility index (Phi) is 2.85. The van der Waals surface area contributed by atoms with Crippen molar-refractivity contribution in [1.29, 1.82) is 5.26 Å². The van der Waals surface area contributed by atoms with Gasteiger partial charge in [-0.05, 0) is 42.8 Å². The van der Waals surface area contributed by atoms with Gasteiger partial charge in [-0.2, -0.15) is 5.26 Å². The molecule has 0 saturated heterocycles. The molecule has 1 heterocycles. The summed E-state index contributed by atoms with van der Waals surface area (Å²) in [7, 11) is 0. The van der Waals surface area contributed by atoms with Gasteiger partial charge < -0.3 is 0 Å². The molecule has 20 heavy (non-hydrogen) atoms. The summed E-state index contributed by atoms with van der Waals surface area (Å²) >= 11 is 0. The van der Waals surface area contributed by atoms with E-state index in [1.54, 1.807) is 22.9 Å². The fourth-order valence-corrected chi connectivity index (χ4v) is 2.33. The predicted octanol–water partition coefficient (Wildman–Crippen LogP) is 3.51. The van der Waals surface area contributed by atoms with E-state index in [4.69, 9.17) is 5.26 Å². The summed E-state index contributed by atoms with van der Waals surface area (Å²) in [6.45, 7) is 1.92. The van der Waals surface area contributed by atoms with E-state index in [-0.39, 0.29) is 5.91 Å². The average Bonchev–Trinajstić information content (AvgIpc) is 2.90. The van der Waals surface area contributed by atoms with Crippen LogP contribution in [0.3, 0.4) is 0 Å². The normalized spacial score (nSPS) is 10.4. The highest BCUT2D eigenvalue weighted by Gasteiger charge is 2.13. The molecule has 0 unspecified atom stereocenters. The van der Waals surface area contributed by atoms with E-state index in [0.717, 1.165) is 16.5 Å². The lowest BCUT2D eigenvalue weighted by Gasteiger charge is -2.07. The second-order valence-electron chi connectivity index (χ2n) is 4.69. The summed E-state index contributed by atoms with van der Waals surface area (Å²) in [5, 5.41) is 9.80. The highest BCUT2D eigenvalue weighted by molar-refractivity contribution is 6.03. The molecule has 96 valence electrons. The standard InChI is InChI=1S/C17H12N2O/c1-12-4-2-3-5-15(12)17(20)19-9-8-14-10-13(11-18)6-7-16(14)19/h2-10H,1H3. The SMILES string of the molecule is Cc1ccccc1C(=O)n1ccc2cc(C#N)ccc21. The summed E-state index contributed by atoms with van der Waals surface area (Å²) in [6.07, 6.45) is 1.75. The number of hydrogen-bond acceptors (Lipinski definition) is 2.